The van der Waals surface area contributed by atoms with Gasteiger partial charge in [-0.25, -0.2) is 18.1 Å². The van der Waals surface area contributed by atoms with Crippen molar-refractivity contribution >= 4 is 56.2 Å². The van der Waals surface area contributed by atoms with Gasteiger partial charge in [-0.15, -0.1) is 11.3 Å². The van der Waals surface area contributed by atoms with Crippen molar-refractivity contribution < 1.29 is 8.42 Å². The molecular weight excluding hydrogens is 363 g/mol. The lowest BCUT2D eigenvalue weighted by atomic mass is 10.3. The Morgan fingerprint density at radius 1 is 1.30 bits per heavy atom. The molecule has 1 atom stereocenters. The molecule has 2 aromatic heterocycles. The summed E-state index contributed by atoms with van der Waals surface area (Å²) in [5.41, 5.74) is 0. The van der Waals surface area contributed by atoms with E-state index in [4.69, 9.17) is 34.8 Å². The molecule has 0 amide bonds. The lowest BCUT2D eigenvalue weighted by Gasteiger charge is -2.12. The maximum atomic E-state index is 12.2. The van der Waals surface area contributed by atoms with Crippen molar-refractivity contribution in [3.63, 3.8) is 0 Å². The first-order valence-corrected chi connectivity index (χ1v) is 8.81. The number of sulfonamides is 1. The Morgan fingerprint density at radius 2 is 2.00 bits per heavy atom. The van der Waals surface area contributed by atoms with Crippen LogP contribution in [-0.2, 0) is 10.0 Å². The molecule has 0 aliphatic heterocycles. The maximum Gasteiger partial charge on any atom is 0.242 e. The van der Waals surface area contributed by atoms with Crippen molar-refractivity contribution in [1.29, 1.82) is 0 Å². The van der Waals surface area contributed by atoms with Crippen LogP contribution in [0.1, 0.15) is 17.8 Å². The molecule has 0 radical (unpaired) electrons. The second-order valence-corrected chi connectivity index (χ2v) is 8.15. The van der Waals surface area contributed by atoms with Crippen LogP contribution in [0, 0.1) is 0 Å². The van der Waals surface area contributed by atoms with Crippen LogP contribution >= 0.6 is 46.1 Å². The number of aromatic nitrogens is 1. The molecule has 0 bridgehead atoms. The average Bonchev–Trinajstić information content (AvgIpc) is 2.79. The highest BCUT2D eigenvalue weighted by atomic mass is 35.5. The third kappa shape index (κ3) is 3.63. The van der Waals surface area contributed by atoms with E-state index < -0.39 is 16.1 Å². The predicted molar refractivity (Wildman–Crippen MR) is 82.3 cm³/mol. The fraction of sp³-hybridized carbons (Fsp3) is 0.182. The number of pyridine rings is 1. The quantitative estimate of drug-likeness (QED) is 0.822. The molecule has 20 heavy (non-hydrogen) atoms. The molecule has 2 heterocycles. The van der Waals surface area contributed by atoms with E-state index in [-0.39, 0.29) is 15.1 Å². The largest absolute Gasteiger partial charge is 0.242 e. The Morgan fingerprint density at radius 3 is 2.55 bits per heavy atom. The molecule has 2 aromatic rings. The fourth-order valence-corrected chi connectivity index (χ4v) is 4.14. The van der Waals surface area contributed by atoms with Gasteiger partial charge in [0.25, 0.3) is 0 Å². The molecule has 108 valence electrons. The minimum absolute atomic E-state index is 0.0404. The van der Waals surface area contributed by atoms with Crippen molar-refractivity contribution in [2.45, 2.75) is 17.9 Å². The van der Waals surface area contributed by atoms with Crippen LogP contribution in [0.15, 0.2) is 29.3 Å². The van der Waals surface area contributed by atoms with Crippen molar-refractivity contribution in [2.75, 3.05) is 0 Å². The normalized spacial score (nSPS) is 13.4. The second kappa shape index (κ2) is 6.17. The molecule has 9 heteroatoms. The van der Waals surface area contributed by atoms with E-state index in [1.165, 1.54) is 17.4 Å². The second-order valence-electron chi connectivity index (χ2n) is 3.93. The Labute approximate surface area is 135 Å². The Hall–Kier alpha value is -0.370. The molecule has 0 spiro atoms. The van der Waals surface area contributed by atoms with E-state index in [0.717, 1.165) is 11.1 Å². The van der Waals surface area contributed by atoms with E-state index in [0.29, 0.717) is 4.34 Å². The molecule has 0 fully saturated rings. The summed E-state index contributed by atoms with van der Waals surface area (Å²) >= 11 is 18.6. The summed E-state index contributed by atoms with van der Waals surface area (Å²) in [5, 5.41) is 0.144. The zero-order valence-electron chi connectivity index (χ0n) is 10.1. The standard InChI is InChI=1S/C11H9Cl3N2O2S2/c1-6(9-2-3-10(13)19-9)16-20(17,18)7-4-8(12)11(14)15-5-7/h2-6,16H,1H3. The average molecular weight is 372 g/mol. The van der Waals surface area contributed by atoms with E-state index in [9.17, 15) is 8.42 Å². The minimum atomic E-state index is -3.73. The zero-order chi connectivity index (χ0) is 14.9. The van der Waals surface area contributed by atoms with Crippen LogP contribution in [0.2, 0.25) is 14.5 Å². The van der Waals surface area contributed by atoms with Crippen LogP contribution in [0.5, 0.6) is 0 Å². The topological polar surface area (TPSA) is 59.1 Å². The minimum Gasteiger partial charge on any atom is -0.242 e. The number of hydrogen-bond donors (Lipinski definition) is 1. The first-order valence-electron chi connectivity index (χ1n) is 5.38. The van der Waals surface area contributed by atoms with E-state index in [1.807, 2.05) is 0 Å². The van der Waals surface area contributed by atoms with Gasteiger partial charge in [-0.2, -0.15) is 0 Å². The molecule has 4 nitrogen and oxygen atoms in total. The van der Waals surface area contributed by atoms with E-state index in [1.54, 1.807) is 19.1 Å². The zero-order valence-corrected chi connectivity index (χ0v) is 14.0. The van der Waals surface area contributed by atoms with Crippen molar-refractivity contribution in [3.8, 4) is 0 Å². The molecule has 2 rings (SSSR count). The number of thiophene rings is 1. The summed E-state index contributed by atoms with van der Waals surface area (Å²) in [6.07, 6.45) is 1.16. The molecule has 0 saturated heterocycles. The SMILES string of the molecule is CC(NS(=O)(=O)c1cnc(Cl)c(Cl)c1)c1ccc(Cl)s1. The van der Waals surface area contributed by atoms with Gasteiger partial charge in [0.2, 0.25) is 10.0 Å². The van der Waals surface area contributed by atoms with Crippen molar-refractivity contribution in [3.05, 3.63) is 43.8 Å². The first kappa shape index (κ1) is 16.0. The summed E-state index contributed by atoms with van der Waals surface area (Å²) in [7, 11) is -3.73. The van der Waals surface area contributed by atoms with E-state index >= 15 is 0 Å². The molecule has 1 unspecified atom stereocenters. The molecule has 0 aliphatic rings. The van der Waals surface area contributed by atoms with Gasteiger partial charge < -0.3 is 0 Å². The maximum absolute atomic E-state index is 12.2. The predicted octanol–water partition coefficient (Wildman–Crippen LogP) is 4.14. The number of halogens is 3. The monoisotopic (exact) mass is 370 g/mol. The number of hydrogen-bond acceptors (Lipinski definition) is 4. The highest BCUT2D eigenvalue weighted by Crippen LogP contribution is 2.28. The Balaban J connectivity index is 2.24. The number of nitrogens with zero attached hydrogens (tertiary/aromatic N) is 1. The fourth-order valence-electron chi connectivity index (χ4n) is 1.47. The highest BCUT2D eigenvalue weighted by Gasteiger charge is 2.20. The van der Waals surface area contributed by atoms with Crippen LogP contribution in [0.25, 0.3) is 0 Å². The summed E-state index contributed by atoms with van der Waals surface area (Å²) < 4.78 is 27.5. The van der Waals surface area contributed by atoms with Crippen LogP contribution in [0.3, 0.4) is 0 Å². The molecule has 0 aliphatic carbocycles. The molecule has 0 aromatic carbocycles. The van der Waals surface area contributed by atoms with Crippen molar-refractivity contribution in [1.82, 2.24) is 9.71 Å². The molecular formula is C11H9Cl3N2O2S2. The van der Waals surface area contributed by atoms with Crippen molar-refractivity contribution in [2.24, 2.45) is 0 Å². The van der Waals surface area contributed by atoms with Gasteiger partial charge in [-0.3, -0.25) is 0 Å². The van der Waals surface area contributed by atoms with Gasteiger partial charge in [-0.1, -0.05) is 34.8 Å². The molecule has 0 saturated carbocycles. The summed E-state index contributed by atoms with van der Waals surface area (Å²) in [6, 6.07) is 4.33. The van der Waals surface area contributed by atoms with Gasteiger partial charge in [0.1, 0.15) is 10.0 Å². The van der Waals surface area contributed by atoms with Gasteiger partial charge in [0.15, 0.2) is 0 Å². The van der Waals surface area contributed by atoms with Gasteiger partial charge >= 0.3 is 0 Å². The first-order chi connectivity index (χ1) is 9.29. The summed E-state index contributed by atoms with van der Waals surface area (Å²) in [4.78, 5) is 4.50. The Kier molecular flexibility index (Phi) is 4.94. The van der Waals surface area contributed by atoms with Gasteiger partial charge in [0, 0.05) is 11.1 Å². The van der Waals surface area contributed by atoms with Crippen LogP contribution in [0.4, 0.5) is 0 Å². The van der Waals surface area contributed by atoms with Crippen LogP contribution in [-0.4, -0.2) is 13.4 Å². The lowest BCUT2D eigenvalue weighted by molar-refractivity contribution is 0.568. The Bertz CT molecular complexity index is 731. The van der Waals surface area contributed by atoms with Gasteiger partial charge in [-0.05, 0) is 25.1 Å². The third-order valence-electron chi connectivity index (χ3n) is 2.43. The van der Waals surface area contributed by atoms with Gasteiger partial charge in [0.05, 0.1) is 15.4 Å². The van der Waals surface area contributed by atoms with Crippen LogP contribution < -0.4 is 4.72 Å². The lowest BCUT2D eigenvalue weighted by Crippen LogP contribution is -2.26. The van der Waals surface area contributed by atoms with E-state index in [2.05, 4.69) is 9.71 Å². The highest BCUT2D eigenvalue weighted by molar-refractivity contribution is 7.89. The summed E-state index contributed by atoms with van der Waals surface area (Å²) in [5.74, 6) is 0. The molecule has 1 N–H and O–H groups in total. The smallest absolute Gasteiger partial charge is 0.242 e. The number of nitrogens with one attached hydrogen (secondary N) is 1. The third-order valence-corrected chi connectivity index (χ3v) is 6.04. The summed E-state index contributed by atoms with van der Waals surface area (Å²) in [6.45, 7) is 1.73. The number of rotatable bonds is 4.